The van der Waals surface area contributed by atoms with Crippen LogP contribution in [0, 0.1) is 5.82 Å². The Balaban J connectivity index is 1.56. The zero-order valence-electron chi connectivity index (χ0n) is 17.5. The Morgan fingerprint density at radius 2 is 1.76 bits per heavy atom. The second-order valence-corrected chi connectivity index (χ2v) is 9.10. The zero-order valence-corrected chi connectivity index (χ0v) is 18.3. The minimum absolute atomic E-state index is 0.0869. The highest BCUT2D eigenvalue weighted by Gasteiger charge is 2.23. The van der Waals surface area contributed by atoms with Gasteiger partial charge in [-0.05, 0) is 48.5 Å². The molecule has 2 aromatic carbocycles. The lowest BCUT2D eigenvalue weighted by Crippen LogP contribution is -2.35. The third kappa shape index (κ3) is 4.97. The van der Waals surface area contributed by atoms with E-state index < -0.39 is 22.5 Å². The van der Waals surface area contributed by atoms with E-state index in [-0.39, 0.29) is 16.5 Å². The molecular formula is C23H19FN4O4S. The number of likely N-dealkylation sites (N-methyl/N-ethyl adjacent to an activating group) is 1. The zero-order chi connectivity index (χ0) is 23.4. The lowest BCUT2D eigenvalue weighted by molar-refractivity contribution is -0.116. The number of nitrogens with zero attached hydrogens (tertiary/aromatic N) is 3. The van der Waals surface area contributed by atoms with Gasteiger partial charge < -0.3 is 9.73 Å². The summed E-state index contributed by atoms with van der Waals surface area (Å²) in [5.74, 6) is -0.458. The van der Waals surface area contributed by atoms with Crippen molar-refractivity contribution in [2.24, 2.45) is 0 Å². The predicted octanol–water partition coefficient (Wildman–Crippen LogP) is 3.80. The second kappa shape index (κ2) is 9.31. The predicted molar refractivity (Wildman–Crippen MR) is 120 cm³/mol. The number of carbonyl (C=O) groups is 1. The van der Waals surface area contributed by atoms with E-state index in [2.05, 4.69) is 15.3 Å². The van der Waals surface area contributed by atoms with Crippen LogP contribution in [0.15, 0.2) is 88.5 Å². The lowest BCUT2D eigenvalue weighted by atomic mass is 10.1. The number of hydrogen-bond acceptors (Lipinski definition) is 6. The fraction of sp³-hybridized carbons (Fsp3) is 0.0870. The van der Waals surface area contributed by atoms with Gasteiger partial charge in [-0.2, -0.15) is 4.31 Å². The molecule has 0 aliphatic heterocycles. The number of sulfonamides is 1. The summed E-state index contributed by atoms with van der Waals surface area (Å²) >= 11 is 0. The van der Waals surface area contributed by atoms with Crippen molar-refractivity contribution in [3.63, 3.8) is 0 Å². The first-order chi connectivity index (χ1) is 15.8. The minimum Gasteiger partial charge on any atom is -0.463 e. The highest BCUT2D eigenvalue weighted by Crippen LogP contribution is 2.30. The number of rotatable bonds is 7. The summed E-state index contributed by atoms with van der Waals surface area (Å²) in [4.78, 5) is 21.4. The summed E-state index contributed by atoms with van der Waals surface area (Å²) in [6, 6.07) is 16.9. The average Bonchev–Trinajstić information content (AvgIpc) is 3.35. The number of aromatic nitrogens is 2. The first-order valence-corrected chi connectivity index (χ1v) is 11.3. The van der Waals surface area contributed by atoms with Crippen LogP contribution in [0.25, 0.3) is 22.7 Å². The Morgan fingerprint density at radius 1 is 1.03 bits per heavy atom. The molecule has 33 heavy (non-hydrogen) atoms. The van der Waals surface area contributed by atoms with Gasteiger partial charge in [0.1, 0.15) is 11.5 Å². The Morgan fingerprint density at radius 3 is 2.42 bits per heavy atom. The molecule has 0 aliphatic carbocycles. The number of anilines is 1. The number of carbonyl (C=O) groups excluding carboxylic acids is 1. The molecule has 2 heterocycles. The Hall–Kier alpha value is -3.89. The van der Waals surface area contributed by atoms with E-state index >= 15 is 0 Å². The summed E-state index contributed by atoms with van der Waals surface area (Å²) < 4.78 is 45.0. The first-order valence-electron chi connectivity index (χ1n) is 9.83. The van der Waals surface area contributed by atoms with Crippen molar-refractivity contribution in [2.75, 3.05) is 18.9 Å². The monoisotopic (exact) mass is 466 g/mol. The summed E-state index contributed by atoms with van der Waals surface area (Å²) in [5, 5.41) is 2.57. The maximum Gasteiger partial charge on any atom is 0.243 e. The van der Waals surface area contributed by atoms with Gasteiger partial charge in [0.05, 0.1) is 29.6 Å². The molecule has 168 valence electrons. The quantitative estimate of drug-likeness (QED) is 0.444. The largest absolute Gasteiger partial charge is 0.463 e. The Labute approximate surface area is 189 Å². The molecule has 8 nitrogen and oxygen atoms in total. The molecule has 2 aromatic heterocycles. The van der Waals surface area contributed by atoms with E-state index in [4.69, 9.17) is 4.42 Å². The SMILES string of the molecule is CN(CC(=O)Nc1cnc(-c2ccc(F)cc2)c(-c2ccco2)n1)S(=O)(=O)c1ccccc1. The molecule has 0 saturated heterocycles. The minimum atomic E-state index is -3.83. The maximum absolute atomic E-state index is 13.3. The van der Waals surface area contributed by atoms with Gasteiger partial charge in [0, 0.05) is 12.6 Å². The maximum atomic E-state index is 13.3. The first kappa shape index (κ1) is 22.3. The van der Waals surface area contributed by atoms with Crippen LogP contribution >= 0.6 is 0 Å². The number of amides is 1. The molecule has 0 bridgehead atoms. The van der Waals surface area contributed by atoms with Gasteiger partial charge in [-0.15, -0.1) is 0 Å². The van der Waals surface area contributed by atoms with Gasteiger partial charge in [-0.1, -0.05) is 18.2 Å². The molecule has 0 saturated carbocycles. The van der Waals surface area contributed by atoms with Crippen molar-refractivity contribution < 1.29 is 22.0 Å². The van der Waals surface area contributed by atoms with E-state index in [0.717, 1.165) is 4.31 Å². The van der Waals surface area contributed by atoms with Gasteiger partial charge in [0.2, 0.25) is 15.9 Å². The van der Waals surface area contributed by atoms with Crippen molar-refractivity contribution in [2.45, 2.75) is 4.90 Å². The summed E-state index contributed by atoms with van der Waals surface area (Å²) in [6.45, 7) is -0.422. The fourth-order valence-corrected chi connectivity index (χ4v) is 4.24. The fourth-order valence-electron chi connectivity index (χ4n) is 3.10. The van der Waals surface area contributed by atoms with Crippen LogP contribution in [0.3, 0.4) is 0 Å². The van der Waals surface area contributed by atoms with Gasteiger partial charge in [0.25, 0.3) is 0 Å². The molecule has 0 radical (unpaired) electrons. The van der Waals surface area contributed by atoms with Gasteiger partial charge in [0.15, 0.2) is 11.6 Å². The normalized spacial score (nSPS) is 11.5. The van der Waals surface area contributed by atoms with Crippen LogP contribution < -0.4 is 5.32 Å². The van der Waals surface area contributed by atoms with E-state index in [1.807, 2.05) is 0 Å². The van der Waals surface area contributed by atoms with Crippen molar-refractivity contribution in [3.8, 4) is 22.7 Å². The molecule has 4 rings (SSSR count). The van der Waals surface area contributed by atoms with E-state index in [1.54, 1.807) is 42.5 Å². The van der Waals surface area contributed by atoms with Gasteiger partial charge >= 0.3 is 0 Å². The third-order valence-corrected chi connectivity index (χ3v) is 6.55. The molecule has 0 fully saturated rings. The molecule has 4 aromatic rings. The topological polar surface area (TPSA) is 105 Å². The van der Waals surface area contributed by atoms with Crippen LogP contribution in [0.1, 0.15) is 0 Å². The highest BCUT2D eigenvalue weighted by atomic mass is 32.2. The average molecular weight is 466 g/mol. The van der Waals surface area contributed by atoms with Gasteiger partial charge in [-0.25, -0.2) is 22.8 Å². The van der Waals surface area contributed by atoms with Gasteiger partial charge in [-0.3, -0.25) is 4.79 Å². The molecular weight excluding hydrogens is 447 g/mol. The van der Waals surface area contributed by atoms with Crippen LogP contribution in [-0.2, 0) is 14.8 Å². The van der Waals surface area contributed by atoms with E-state index in [0.29, 0.717) is 22.7 Å². The van der Waals surface area contributed by atoms with Crippen LogP contribution in [0.2, 0.25) is 0 Å². The third-order valence-electron chi connectivity index (χ3n) is 4.73. The number of furan rings is 1. The Kier molecular flexibility index (Phi) is 6.29. The molecule has 1 N–H and O–H groups in total. The van der Waals surface area contributed by atoms with Crippen LogP contribution in [-0.4, -0.2) is 42.2 Å². The molecule has 0 spiro atoms. The highest BCUT2D eigenvalue weighted by molar-refractivity contribution is 7.89. The van der Waals surface area contributed by atoms with Crippen LogP contribution in [0.5, 0.6) is 0 Å². The second-order valence-electron chi connectivity index (χ2n) is 7.06. The molecule has 1 amide bonds. The molecule has 0 unspecified atom stereocenters. The summed E-state index contributed by atoms with van der Waals surface area (Å²) in [5.41, 5.74) is 1.39. The van der Waals surface area contributed by atoms with Crippen molar-refractivity contribution in [1.29, 1.82) is 0 Å². The van der Waals surface area contributed by atoms with E-state index in [1.165, 1.54) is 43.8 Å². The number of nitrogens with one attached hydrogen (secondary N) is 1. The smallest absolute Gasteiger partial charge is 0.243 e. The lowest BCUT2D eigenvalue weighted by Gasteiger charge is -2.17. The number of hydrogen-bond donors (Lipinski definition) is 1. The van der Waals surface area contributed by atoms with Crippen molar-refractivity contribution in [1.82, 2.24) is 14.3 Å². The van der Waals surface area contributed by atoms with Crippen molar-refractivity contribution in [3.05, 3.63) is 85.0 Å². The van der Waals surface area contributed by atoms with E-state index in [9.17, 15) is 17.6 Å². The molecule has 0 atom stereocenters. The number of benzene rings is 2. The van der Waals surface area contributed by atoms with Crippen molar-refractivity contribution >= 4 is 21.7 Å². The summed E-state index contributed by atoms with van der Waals surface area (Å²) in [6.07, 6.45) is 2.81. The standard InChI is InChI=1S/C23H19FN4O4S/c1-28(33(30,31)18-6-3-2-4-7-18)15-21(29)26-20-14-25-22(16-9-11-17(24)12-10-16)23(27-20)19-8-5-13-32-19/h2-14H,15H2,1H3,(H,26,27,29). The Bertz CT molecular complexity index is 1360. The molecule has 0 aliphatic rings. The summed E-state index contributed by atoms with van der Waals surface area (Å²) in [7, 11) is -2.51. The van der Waals surface area contributed by atoms with Crippen LogP contribution in [0.4, 0.5) is 10.2 Å². The number of halogens is 1. The molecule has 10 heteroatoms.